The fourth-order valence-electron chi connectivity index (χ4n) is 2.75. The molecule has 0 radical (unpaired) electrons. The van der Waals surface area contributed by atoms with E-state index in [4.69, 9.17) is 10.8 Å². The predicted molar refractivity (Wildman–Crippen MR) is 79.6 cm³/mol. The first-order chi connectivity index (χ1) is 10.2. The van der Waals surface area contributed by atoms with Gasteiger partial charge in [-0.1, -0.05) is 25.7 Å². The van der Waals surface area contributed by atoms with Crippen molar-refractivity contribution in [3.8, 4) is 0 Å². The number of nitrogens with one attached hydrogen (secondary N) is 1. The molecule has 1 saturated carbocycles. The Kier molecular flexibility index (Phi) is 6.55. The van der Waals surface area contributed by atoms with E-state index in [1.807, 2.05) is 13.8 Å². The van der Waals surface area contributed by atoms with E-state index in [0.717, 1.165) is 6.42 Å². The number of esters is 1. The monoisotopic (exact) mass is 312 g/mol. The average Bonchev–Trinajstić information content (AvgIpc) is 2.87. The smallest absolute Gasteiger partial charge is 0.333 e. The van der Waals surface area contributed by atoms with Crippen LogP contribution in [0, 0.1) is 5.92 Å². The summed E-state index contributed by atoms with van der Waals surface area (Å²) in [6.45, 7) is 3.81. The Morgan fingerprint density at radius 1 is 1.32 bits per heavy atom. The Morgan fingerprint density at radius 2 is 1.91 bits per heavy atom. The van der Waals surface area contributed by atoms with Crippen LogP contribution in [0.4, 0.5) is 0 Å². The van der Waals surface area contributed by atoms with Crippen molar-refractivity contribution < 1.29 is 24.2 Å². The minimum absolute atomic E-state index is 0.437. The summed E-state index contributed by atoms with van der Waals surface area (Å²) in [6.07, 6.45) is 5.49. The SMILES string of the molecule is CC(C)(CC1CCCC1)NC(=O)C(N)OC(=O)/C=C/C(=O)O. The van der Waals surface area contributed by atoms with Crippen LogP contribution in [-0.2, 0) is 19.1 Å². The van der Waals surface area contributed by atoms with Gasteiger partial charge in [0.05, 0.1) is 0 Å². The Hall–Kier alpha value is -1.89. The van der Waals surface area contributed by atoms with Crippen LogP contribution < -0.4 is 11.1 Å². The maximum absolute atomic E-state index is 12.0. The van der Waals surface area contributed by atoms with Gasteiger partial charge in [-0.15, -0.1) is 0 Å². The van der Waals surface area contributed by atoms with Crippen molar-refractivity contribution in [2.24, 2.45) is 11.7 Å². The van der Waals surface area contributed by atoms with Gasteiger partial charge in [-0.05, 0) is 26.2 Å². The highest BCUT2D eigenvalue weighted by Gasteiger charge is 2.29. The maximum atomic E-state index is 12.0. The zero-order valence-electron chi connectivity index (χ0n) is 13.0. The molecule has 1 rings (SSSR count). The quantitative estimate of drug-likeness (QED) is 0.365. The number of carbonyl (C=O) groups is 3. The van der Waals surface area contributed by atoms with Crippen molar-refractivity contribution in [2.75, 3.05) is 0 Å². The molecule has 1 atom stereocenters. The Labute approximate surface area is 129 Å². The van der Waals surface area contributed by atoms with Crippen molar-refractivity contribution in [1.82, 2.24) is 5.32 Å². The number of hydrogen-bond acceptors (Lipinski definition) is 5. The van der Waals surface area contributed by atoms with Gasteiger partial charge in [0.25, 0.3) is 5.91 Å². The van der Waals surface area contributed by atoms with E-state index in [9.17, 15) is 14.4 Å². The van der Waals surface area contributed by atoms with Crippen LogP contribution in [0.5, 0.6) is 0 Å². The first-order valence-corrected chi connectivity index (χ1v) is 7.39. The van der Waals surface area contributed by atoms with Gasteiger partial charge in [0.15, 0.2) is 0 Å². The Bertz CT molecular complexity index is 453. The van der Waals surface area contributed by atoms with E-state index < -0.39 is 29.6 Å². The number of rotatable bonds is 7. The molecular weight excluding hydrogens is 288 g/mol. The van der Waals surface area contributed by atoms with Crippen LogP contribution >= 0.6 is 0 Å². The molecule has 1 aliphatic carbocycles. The first kappa shape index (κ1) is 18.2. The maximum Gasteiger partial charge on any atom is 0.333 e. The van der Waals surface area contributed by atoms with E-state index in [2.05, 4.69) is 10.1 Å². The fraction of sp³-hybridized carbons (Fsp3) is 0.667. The van der Waals surface area contributed by atoms with Crippen molar-refractivity contribution in [3.63, 3.8) is 0 Å². The molecule has 1 aliphatic rings. The summed E-state index contributed by atoms with van der Waals surface area (Å²) in [5, 5.41) is 11.2. The number of nitrogens with two attached hydrogens (primary N) is 1. The average molecular weight is 312 g/mol. The molecule has 7 heteroatoms. The Morgan fingerprint density at radius 3 is 2.45 bits per heavy atom. The summed E-state index contributed by atoms with van der Waals surface area (Å²) in [6, 6.07) is 0. The van der Waals surface area contributed by atoms with Crippen LogP contribution in [0.25, 0.3) is 0 Å². The van der Waals surface area contributed by atoms with Gasteiger partial charge in [-0.25, -0.2) is 9.59 Å². The lowest BCUT2D eigenvalue weighted by molar-refractivity contribution is -0.151. The lowest BCUT2D eigenvalue weighted by Gasteiger charge is -2.30. The molecule has 1 unspecified atom stereocenters. The summed E-state index contributed by atoms with van der Waals surface area (Å²) >= 11 is 0. The number of carboxylic acid groups (broad SMARTS) is 1. The van der Waals surface area contributed by atoms with Crippen LogP contribution in [0.1, 0.15) is 46.0 Å². The van der Waals surface area contributed by atoms with Gasteiger partial charge in [-0.3, -0.25) is 10.5 Å². The van der Waals surface area contributed by atoms with Crippen LogP contribution in [0.15, 0.2) is 12.2 Å². The van der Waals surface area contributed by atoms with Gasteiger partial charge in [0.1, 0.15) is 0 Å². The van der Waals surface area contributed by atoms with E-state index in [0.29, 0.717) is 18.1 Å². The van der Waals surface area contributed by atoms with Gasteiger partial charge < -0.3 is 15.2 Å². The molecule has 0 aromatic rings. The number of carboxylic acids is 1. The number of amides is 1. The summed E-state index contributed by atoms with van der Waals surface area (Å²) in [5.74, 6) is -2.26. The third-order valence-electron chi connectivity index (χ3n) is 3.60. The minimum atomic E-state index is -1.46. The fourth-order valence-corrected chi connectivity index (χ4v) is 2.75. The van der Waals surface area contributed by atoms with Gasteiger partial charge >= 0.3 is 11.9 Å². The first-order valence-electron chi connectivity index (χ1n) is 7.39. The van der Waals surface area contributed by atoms with E-state index in [1.54, 1.807) is 0 Å². The van der Waals surface area contributed by atoms with Crippen molar-refractivity contribution in [1.29, 1.82) is 0 Å². The molecule has 4 N–H and O–H groups in total. The molecule has 0 aromatic carbocycles. The summed E-state index contributed by atoms with van der Waals surface area (Å²) in [7, 11) is 0. The molecule has 0 aliphatic heterocycles. The molecule has 0 saturated heterocycles. The highest BCUT2D eigenvalue weighted by molar-refractivity contribution is 5.92. The van der Waals surface area contributed by atoms with Gasteiger partial charge in [0.2, 0.25) is 6.23 Å². The predicted octanol–water partition coefficient (Wildman–Crippen LogP) is 0.930. The van der Waals surface area contributed by atoms with Gasteiger partial charge in [0, 0.05) is 17.7 Å². The highest BCUT2D eigenvalue weighted by Crippen LogP contribution is 2.31. The van der Waals surface area contributed by atoms with E-state index in [1.165, 1.54) is 25.7 Å². The molecule has 0 spiro atoms. The van der Waals surface area contributed by atoms with Crippen LogP contribution in [0.3, 0.4) is 0 Å². The third-order valence-corrected chi connectivity index (χ3v) is 3.60. The minimum Gasteiger partial charge on any atom is -0.478 e. The number of hydrogen-bond donors (Lipinski definition) is 3. The van der Waals surface area contributed by atoms with Crippen molar-refractivity contribution >= 4 is 17.8 Å². The largest absolute Gasteiger partial charge is 0.478 e. The zero-order valence-corrected chi connectivity index (χ0v) is 13.0. The lowest BCUT2D eigenvalue weighted by atomic mass is 9.89. The molecular formula is C15H24N2O5. The highest BCUT2D eigenvalue weighted by atomic mass is 16.6. The van der Waals surface area contributed by atoms with E-state index >= 15 is 0 Å². The van der Waals surface area contributed by atoms with Crippen molar-refractivity contribution in [2.45, 2.75) is 57.7 Å². The second-order valence-corrected chi connectivity index (χ2v) is 6.26. The summed E-state index contributed by atoms with van der Waals surface area (Å²) in [4.78, 5) is 33.5. The molecule has 0 heterocycles. The third kappa shape index (κ3) is 6.71. The summed E-state index contributed by atoms with van der Waals surface area (Å²) < 4.78 is 4.66. The van der Waals surface area contributed by atoms with Crippen molar-refractivity contribution in [3.05, 3.63) is 12.2 Å². The number of carbonyl (C=O) groups excluding carboxylic acids is 2. The molecule has 0 bridgehead atoms. The summed E-state index contributed by atoms with van der Waals surface area (Å²) in [5.41, 5.74) is 5.07. The number of ether oxygens (including phenoxy) is 1. The standard InChI is InChI=1S/C15H24N2O5/c1-15(2,9-10-5-3-4-6-10)17-14(21)13(16)22-12(20)8-7-11(18)19/h7-8,10,13H,3-6,9,16H2,1-2H3,(H,17,21)(H,18,19)/b8-7+. The second-order valence-electron chi connectivity index (χ2n) is 6.26. The topological polar surface area (TPSA) is 119 Å². The number of aliphatic carboxylic acids is 1. The molecule has 1 amide bonds. The zero-order chi connectivity index (χ0) is 16.8. The molecule has 124 valence electrons. The second kappa shape index (κ2) is 7.93. The molecule has 1 fully saturated rings. The van der Waals surface area contributed by atoms with E-state index in [-0.39, 0.29) is 0 Å². The Balaban J connectivity index is 2.44. The lowest BCUT2D eigenvalue weighted by Crippen LogP contribution is -2.52. The molecule has 0 aromatic heterocycles. The molecule has 22 heavy (non-hydrogen) atoms. The normalized spacial score (nSPS) is 17.4. The van der Waals surface area contributed by atoms with Crippen LogP contribution in [0.2, 0.25) is 0 Å². The van der Waals surface area contributed by atoms with Gasteiger partial charge in [-0.2, -0.15) is 0 Å². The van der Waals surface area contributed by atoms with Crippen LogP contribution in [-0.4, -0.2) is 34.7 Å². The molecule has 7 nitrogen and oxygen atoms in total.